The van der Waals surface area contributed by atoms with Gasteiger partial charge in [-0.15, -0.1) is 0 Å². The molecule has 0 saturated heterocycles. The molecule has 0 aliphatic rings. The number of pyridine rings is 1. The van der Waals surface area contributed by atoms with Gasteiger partial charge in [-0.3, -0.25) is 9.78 Å². The first-order valence-electron chi connectivity index (χ1n) is 10.6. The van der Waals surface area contributed by atoms with Crippen molar-refractivity contribution in [1.82, 2.24) is 4.98 Å². The number of aromatic nitrogens is 1. The van der Waals surface area contributed by atoms with Crippen molar-refractivity contribution < 1.29 is 8.81 Å². The highest BCUT2D eigenvalue weighted by Gasteiger charge is 2.19. The second-order valence-corrected chi connectivity index (χ2v) is 8.99. The van der Waals surface area contributed by atoms with E-state index in [-0.39, 0.29) is 17.3 Å². The zero-order valence-corrected chi connectivity index (χ0v) is 19.3. The van der Waals surface area contributed by atoms with Crippen molar-refractivity contribution in [3.63, 3.8) is 0 Å². The molecule has 0 radical (unpaired) electrons. The summed E-state index contributed by atoms with van der Waals surface area (Å²) in [6.07, 6.45) is 1.65. The van der Waals surface area contributed by atoms with Crippen molar-refractivity contribution in [2.75, 3.05) is 11.1 Å². The average molecular weight is 449 g/mol. The molecule has 0 bridgehead atoms. The molecule has 0 fully saturated rings. The molecule has 1 N–H and O–H groups in total. The number of rotatable bonds is 6. The number of nitrogens with one attached hydrogen (secondary N) is 1. The van der Waals surface area contributed by atoms with Crippen LogP contribution < -0.4 is 10.7 Å². The van der Waals surface area contributed by atoms with E-state index >= 15 is 0 Å². The number of halogens is 1. The Morgan fingerprint density at radius 3 is 2.69 bits per heavy atom. The standard InChI is InChI=1S/C26H25FN2O2S/c1-5-32-26-16(3)24(30)20-14-15(2)13-19(25(20)31-26)17(4)29-22-11-8-12-28-23(22)18-9-6-7-10-21(18)27/h6-14,17,29H,5H2,1-4H3/t17-/m1/s1. The Morgan fingerprint density at radius 2 is 1.94 bits per heavy atom. The van der Waals surface area contributed by atoms with Gasteiger partial charge in [0.15, 0.2) is 10.5 Å². The quantitative estimate of drug-likeness (QED) is 0.325. The van der Waals surface area contributed by atoms with Gasteiger partial charge in [-0.2, -0.15) is 0 Å². The summed E-state index contributed by atoms with van der Waals surface area (Å²) in [5.41, 5.74) is 4.73. The van der Waals surface area contributed by atoms with Crippen molar-refractivity contribution in [2.45, 2.75) is 38.8 Å². The molecule has 2 aromatic heterocycles. The van der Waals surface area contributed by atoms with Gasteiger partial charge in [0.05, 0.1) is 22.8 Å². The third kappa shape index (κ3) is 4.15. The normalized spacial score (nSPS) is 12.2. The van der Waals surface area contributed by atoms with Crippen LogP contribution in [-0.4, -0.2) is 10.7 Å². The lowest BCUT2D eigenvalue weighted by Gasteiger charge is -2.20. The first-order valence-corrected chi connectivity index (χ1v) is 11.6. The Balaban J connectivity index is 1.82. The highest BCUT2D eigenvalue weighted by molar-refractivity contribution is 7.99. The van der Waals surface area contributed by atoms with E-state index in [0.717, 1.165) is 16.9 Å². The fourth-order valence-corrected chi connectivity index (χ4v) is 4.55. The van der Waals surface area contributed by atoms with E-state index in [1.54, 1.807) is 24.4 Å². The van der Waals surface area contributed by atoms with E-state index in [0.29, 0.717) is 38.6 Å². The zero-order valence-electron chi connectivity index (χ0n) is 18.5. The van der Waals surface area contributed by atoms with E-state index in [4.69, 9.17) is 4.42 Å². The Hall–Kier alpha value is -3.12. The molecule has 0 saturated carbocycles. The molecule has 4 aromatic rings. The highest BCUT2D eigenvalue weighted by Crippen LogP contribution is 2.34. The van der Waals surface area contributed by atoms with Crippen molar-refractivity contribution >= 4 is 28.4 Å². The van der Waals surface area contributed by atoms with Gasteiger partial charge in [-0.05, 0) is 62.4 Å². The third-order valence-electron chi connectivity index (χ3n) is 5.40. The predicted octanol–water partition coefficient (Wildman–Crippen LogP) is 6.90. The van der Waals surface area contributed by atoms with Crippen LogP contribution in [0.25, 0.3) is 22.2 Å². The lowest BCUT2D eigenvalue weighted by molar-refractivity contribution is 0.488. The summed E-state index contributed by atoms with van der Waals surface area (Å²) in [6.45, 7) is 7.80. The Bertz CT molecular complexity index is 1350. The van der Waals surface area contributed by atoms with Gasteiger partial charge in [-0.25, -0.2) is 4.39 Å². The van der Waals surface area contributed by atoms with Crippen LogP contribution in [0.1, 0.15) is 36.6 Å². The van der Waals surface area contributed by atoms with Crippen LogP contribution in [0, 0.1) is 19.7 Å². The molecule has 0 amide bonds. The van der Waals surface area contributed by atoms with Crippen LogP contribution in [-0.2, 0) is 0 Å². The van der Waals surface area contributed by atoms with Crippen molar-refractivity contribution in [2.24, 2.45) is 0 Å². The molecule has 4 rings (SSSR count). The number of benzene rings is 2. The predicted molar refractivity (Wildman–Crippen MR) is 130 cm³/mol. The lowest BCUT2D eigenvalue weighted by Crippen LogP contribution is -2.13. The van der Waals surface area contributed by atoms with E-state index in [2.05, 4.69) is 10.3 Å². The lowest BCUT2D eigenvalue weighted by atomic mass is 10.00. The number of hydrogen-bond donors (Lipinski definition) is 1. The average Bonchev–Trinajstić information content (AvgIpc) is 2.78. The fourth-order valence-electron chi connectivity index (χ4n) is 3.84. The molecular formula is C26H25FN2O2S. The van der Waals surface area contributed by atoms with Gasteiger partial charge in [0.2, 0.25) is 0 Å². The molecule has 164 valence electrons. The molecule has 4 nitrogen and oxygen atoms in total. The van der Waals surface area contributed by atoms with Crippen LogP contribution in [0.15, 0.2) is 69.0 Å². The molecule has 1 atom stereocenters. The van der Waals surface area contributed by atoms with E-state index in [9.17, 15) is 9.18 Å². The molecule has 2 heterocycles. The molecule has 0 aliphatic carbocycles. The number of aryl methyl sites for hydroxylation is 1. The second-order valence-electron chi connectivity index (χ2n) is 7.75. The first kappa shape index (κ1) is 22.1. The van der Waals surface area contributed by atoms with Crippen LogP contribution >= 0.6 is 11.8 Å². The van der Waals surface area contributed by atoms with Crippen molar-refractivity contribution in [3.05, 3.63) is 87.5 Å². The van der Waals surface area contributed by atoms with Gasteiger partial charge in [0, 0.05) is 22.9 Å². The van der Waals surface area contributed by atoms with Crippen LogP contribution in [0.5, 0.6) is 0 Å². The Kier molecular flexibility index (Phi) is 6.33. The largest absolute Gasteiger partial charge is 0.449 e. The van der Waals surface area contributed by atoms with E-state index in [1.807, 2.05) is 52.0 Å². The minimum atomic E-state index is -0.328. The van der Waals surface area contributed by atoms with Crippen LogP contribution in [0.2, 0.25) is 0 Å². The van der Waals surface area contributed by atoms with Crippen molar-refractivity contribution in [3.8, 4) is 11.3 Å². The topological polar surface area (TPSA) is 55.1 Å². The molecule has 32 heavy (non-hydrogen) atoms. The van der Waals surface area contributed by atoms with Gasteiger partial charge in [0.1, 0.15) is 11.4 Å². The van der Waals surface area contributed by atoms with E-state index in [1.165, 1.54) is 17.8 Å². The second kappa shape index (κ2) is 9.17. The Morgan fingerprint density at radius 1 is 1.16 bits per heavy atom. The summed E-state index contributed by atoms with van der Waals surface area (Å²) >= 11 is 1.52. The Labute approximate surface area is 190 Å². The number of fused-ring (bicyclic) bond motifs is 1. The summed E-state index contributed by atoms with van der Waals surface area (Å²) in [5, 5.41) is 4.68. The highest BCUT2D eigenvalue weighted by atomic mass is 32.2. The number of nitrogens with zero attached hydrogens (tertiary/aromatic N) is 1. The maximum Gasteiger partial charge on any atom is 0.196 e. The maximum absolute atomic E-state index is 14.5. The van der Waals surface area contributed by atoms with Gasteiger partial charge < -0.3 is 9.73 Å². The molecule has 0 unspecified atom stereocenters. The summed E-state index contributed by atoms with van der Waals surface area (Å²) in [7, 11) is 0. The SMILES string of the molecule is CCSc1oc2c([C@@H](C)Nc3cccnc3-c3ccccc3F)cc(C)cc2c(=O)c1C. The summed E-state index contributed by atoms with van der Waals surface area (Å²) < 4.78 is 20.7. The summed E-state index contributed by atoms with van der Waals surface area (Å²) in [5.74, 6) is 0.483. The number of hydrogen-bond acceptors (Lipinski definition) is 5. The van der Waals surface area contributed by atoms with Gasteiger partial charge in [-0.1, -0.05) is 36.9 Å². The molecule has 6 heteroatoms. The molecule has 2 aromatic carbocycles. The van der Waals surface area contributed by atoms with Crippen LogP contribution in [0.4, 0.5) is 10.1 Å². The third-order valence-corrected chi connectivity index (χ3v) is 6.34. The number of thioether (sulfide) groups is 1. The minimum absolute atomic E-state index is 0.00669. The summed E-state index contributed by atoms with van der Waals surface area (Å²) in [4.78, 5) is 17.5. The number of anilines is 1. The zero-order chi connectivity index (χ0) is 22.8. The maximum atomic E-state index is 14.5. The molecule has 0 spiro atoms. The first-order chi connectivity index (χ1) is 15.4. The molecule has 0 aliphatic heterocycles. The fraction of sp³-hybridized carbons (Fsp3) is 0.231. The van der Waals surface area contributed by atoms with Crippen LogP contribution in [0.3, 0.4) is 0 Å². The van der Waals surface area contributed by atoms with Crippen molar-refractivity contribution in [1.29, 1.82) is 0 Å². The minimum Gasteiger partial charge on any atom is -0.449 e. The summed E-state index contributed by atoms with van der Waals surface area (Å²) in [6, 6.07) is 14.0. The van der Waals surface area contributed by atoms with Gasteiger partial charge in [0.25, 0.3) is 0 Å². The monoisotopic (exact) mass is 448 g/mol. The smallest absolute Gasteiger partial charge is 0.196 e. The molecular weight excluding hydrogens is 423 g/mol. The van der Waals surface area contributed by atoms with E-state index < -0.39 is 0 Å². The van der Waals surface area contributed by atoms with Gasteiger partial charge >= 0.3 is 0 Å².